The van der Waals surface area contributed by atoms with Gasteiger partial charge in [0.25, 0.3) is 0 Å². The molecule has 1 aliphatic rings. The first-order valence-electron chi connectivity index (χ1n) is 5.61. The Balaban J connectivity index is 2.24. The summed E-state index contributed by atoms with van der Waals surface area (Å²) >= 11 is 0. The molecule has 0 aromatic carbocycles. The molecule has 3 heteroatoms. The summed E-state index contributed by atoms with van der Waals surface area (Å²) in [6.45, 7) is 0.745. The first kappa shape index (κ1) is 10.6. The molecule has 0 amide bonds. The number of aromatic nitrogens is 1. The lowest BCUT2D eigenvalue weighted by atomic mass is 9.63. The maximum Gasteiger partial charge on any atom is 0.0579 e. The Kier molecular flexibility index (Phi) is 3.03. The Bertz CT molecular complexity index is 300. The fourth-order valence-electron chi connectivity index (χ4n) is 2.56. The van der Waals surface area contributed by atoms with Gasteiger partial charge in [-0.25, -0.2) is 0 Å². The van der Waals surface area contributed by atoms with Gasteiger partial charge in [0.2, 0.25) is 0 Å². The van der Waals surface area contributed by atoms with E-state index in [0.29, 0.717) is 6.04 Å². The van der Waals surface area contributed by atoms with Crippen LogP contribution in [0.1, 0.15) is 31.0 Å². The lowest BCUT2D eigenvalue weighted by Crippen LogP contribution is -2.47. The molecule has 82 valence electrons. The van der Waals surface area contributed by atoms with Crippen molar-refractivity contribution >= 4 is 0 Å². The van der Waals surface area contributed by atoms with Gasteiger partial charge in [-0.1, -0.05) is 12.5 Å². The van der Waals surface area contributed by atoms with E-state index in [0.717, 1.165) is 12.2 Å². The normalized spacial score (nSPS) is 20.7. The highest BCUT2D eigenvalue weighted by atomic mass is 14.9. The van der Waals surface area contributed by atoms with Crippen LogP contribution in [0.25, 0.3) is 0 Å². The van der Waals surface area contributed by atoms with Crippen molar-refractivity contribution in [1.82, 2.24) is 10.3 Å². The van der Waals surface area contributed by atoms with Crippen LogP contribution in [0.15, 0.2) is 24.4 Å². The summed E-state index contributed by atoms with van der Waals surface area (Å²) in [5.41, 5.74) is 7.27. The van der Waals surface area contributed by atoms with E-state index >= 15 is 0 Å². The number of hydrogen-bond acceptors (Lipinski definition) is 3. The van der Waals surface area contributed by atoms with Gasteiger partial charge >= 0.3 is 0 Å². The van der Waals surface area contributed by atoms with E-state index in [1.54, 1.807) is 0 Å². The zero-order valence-corrected chi connectivity index (χ0v) is 9.24. The summed E-state index contributed by atoms with van der Waals surface area (Å²) in [6.07, 6.45) is 5.57. The zero-order valence-electron chi connectivity index (χ0n) is 9.24. The van der Waals surface area contributed by atoms with Crippen LogP contribution in [-0.4, -0.2) is 18.6 Å². The third-order valence-corrected chi connectivity index (χ3v) is 3.64. The molecule has 1 heterocycles. The summed E-state index contributed by atoms with van der Waals surface area (Å²) in [4.78, 5) is 4.43. The van der Waals surface area contributed by atoms with E-state index < -0.39 is 0 Å². The Labute approximate surface area is 91.1 Å². The first-order valence-corrected chi connectivity index (χ1v) is 5.61. The van der Waals surface area contributed by atoms with Crippen molar-refractivity contribution < 1.29 is 0 Å². The molecule has 1 fully saturated rings. The van der Waals surface area contributed by atoms with Crippen LogP contribution in [0.5, 0.6) is 0 Å². The van der Waals surface area contributed by atoms with E-state index in [-0.39, 0.29) is 5.41 Å². The van der Waals surface area contributed by atoms with Gasteiger partial charge in [-0.15, -0.1) is 0 Å². The Hall–Kier alpha value is -0.930. The Morgan fingerprint density at radius 1 is 1.53 bits per heavy atom. The molecule has 0 aliphatic heterocycles. The monoisotopic (exact) mass is 205 g/mol. The fraction of sp³-hybridized carbons (Fsp3) is 0.583. The quantitative estimate of drug-likeness (QED) is 0.782. The molecular weight excluding hydrogens is 186 g/mol. The number of pyridine rings is 1. The van der Waals surface area contributed by atoms with Gasteiger partial charge in [0.05, 0.1) is 11.7 Å². The lowest BCUT2D eigenvalue weighted by Gasteiger charge is -2.46. The van der Waals surface area contributed by atoms with Gasteiger partial charge in [0, 0.05) is 11.6 Å². The summed E-state index contributed by atoms with van der Waals surface area (Å²) in [7, 11) is 2.00. The summed E-state index contributed by atoms with van der Waals surface area (Å²) in [6, 6.07) is 6.37. The average molecular weight is 205 g/mol. The van der Waals surface area contributed by atoms with Crippen LogP contribution in [0.4, 0.5) is 0 Å². The average Bonchev–Trinajstić information content (AvgIpc) is 2.24. The first-order chi connectivity index (χ1) is 7.32. The van der Waals surface area contributed by atoms with E-state index in [1.807, 2.05) is 25.4 Å². The van der Waals surface area contributed by atoms with Crippen LogP contribution in [-0.2, 0) is 0 Å². The second-order valence-electron chi connectivity index (χ2n) is 4.40. The van der Waals surface area contributed by atoms with Gasteiger partial charge in [-0.3, -0.25) is 4.98 Å². The van der Waals surface area contributed by atoms with Crippen molar-refractivity contribution in [3.8, 4) is 0 Å². The van der Waals surface area contributed by atoms with Crippen molar-refractivity contribution in [2.24, 2.45) is 11.1 Å². The van der Waals surface area contributed by atoms with Crippen LogP contribution < -0.4 is 11.1 Å². The topological polar surface area (TPSA) is 50.9 Å². The Morgan fingerprint density at radius 3 is 2.73 bits per heavy atom. The van der Waals surface area contributed by atoms with Gasteiger partial charge in [0.1, 0.15) is 0 Å². The molecule has 1 aliphatic carbocycles. The maximum absolute atomic E-state index is 5.91. The highest BCUT2D eigenvalue weighted by Crippen LogP contribution is 2.48. The molecule has 1 atom stereocenters. The predicted molar refractivity (Wildman–Crippen MR) is 61.4 cm³/mol. The number of rotatable bonds is 4. The van der Waals surface area contributed by atoms with Gasteiger partial charge in [-0.2, -0.15) is 0 Å². The molecule has 15 heavy (non-hydrogen) atoms. The van der Waals surface area contributed by atoms with E-state index in [1.165, 1.54) is 19.3 Å². The van der Waals surface area contributed by atoms with Crippen molar-refractivity contribution in [3.63, 3.8) is 0 Å². The van der Waals surface area contributed by atoms with Crippen molar-refractivity contribution in [2.45, 2.75) is 25.3 Å². The van der Waals surface area contributed by atoms with E-state index in [2.05, 4.69) is 16.4 Å². The van der Waals surface area contributed by atoms with E-state index in [9.17, 15) is 0 Å². The molecule has 0 radical (unpaired) electrons. The molecule has 1 saturated carbocycles. The van der Waals surface area contributed by atoms with Gasteiger partial charge < -0.3 is 11.1 Å². The molecule has 0 spiro atoms. The predicted octanol–water partition coefficient (Wildman–Crippen LogP) is 1.47. The summed E-state index contributed by atoms with van der Waals surface area (Å²) in [5.74, 6) is 0. The van der Waals surface area contributed by atoms with Crippen molar-refractivity contribution in [2.75, 3.05) is 13.6 Å². The molecule has 1 aromatic rings. The molecule has 1 unspecified atom stereocenters. The molecule has 3 N–H and O–H groups in total. The zero-order chi connectivity index (χ0) is 10.7. The van der Waals surface area contributed by atoms with Crippen LogP contribution in [0.2, 0.25) is 0 Å². The van der Waals surface area contributed by atoms with E-state index in [4.69, 9.17) is 5.73 Å². The maximum atomic E-state index is 5.91. The third-order valence-electron chi connectivity index (χ3n) is 3.64. The largest absolute Gasteiger partial charge is 0.330 e. The lowest BCUT2D eigenvalue weighted by molar-refractivity contribution is 0.0858. The fourth-order valence-corrected chi connectivity index (χ4v) is 2.56. The highest BCUT2D eigenvalue weighted by Gasteiger charge is 2.43. The molecule has 1 aromatic heterocycles. The van der Waals surface area contributed by atoms with Crippen molar-refractivity contribution in [3.05, 3.63) is 30.1 Å². The van der Waals surface area contributed by atoms with Gasteiger partial charge in [-0.05, 0) is 38.6 Å². The van der Waals surface area contributed by atoms with Crippen LogP contribution >= 0.6 is 0 Å². The minimum absolute atomic E-state index is 0.239. The second-order valence-corrected chi connectivity index (χ2v) is 4.40. The van der Waals surface area contributed by atoms with Crippen LogP contribution in [0.3, 0.4) is 0 Å². The second kappa shape index (κ2) is 4.29. The SMILES string of the molecule is CNC(c1ccccn1)C1(CN)CCC1. The minimum atomic E-state index is 0.239. The molecule has 3 nitrogen and oxygen atoms in total. The number of nitrogens with one attached hydrogen (secondary N) is 1. The molecule has 2 rings (SSSR count). The number of nitrogens with two attached hydrogens (primary N) is 1. The van der Waals surface area contributed by atoms with Crippen molar-refractivity contribution in [1.29, 1.82) is 0 Å². The standard InChI is InChI=1S/C12H19N3/c1-14-11(10-5-2-3-8-15-10)12(9-13)6-4-7-12/h2-3,5,8,11,14H,4,6-7,9,13H2,1H3. The third kappa shape index (κ3) is 1.77. The number of nitrogens with zero attached hydrogens (tertiary/aromatic N) is 1. The summed E-state index contributed by atoms with van der Waals surface area (Å²) in [5, 5.41) is 3.37. The Morgan fingerprint density at radius 2 is 2.33 bits per heavy atom. The smallest absolute Gasteiger partial charge is 0.0579 e. The molecular formula is C12H19N3. The molecule has 0 saturated heterocycles. The number of hydrogen-bond donors (Lipinski definition) is 2. The summed E-state index contributed by atoms with van der Waals surface area (Å²) < 4.78 is 0. The van der Waals surface area contributed by atoms with Crippen LogP contribution in [0, 0.1) is 5.41 Å². The minimum Gasteiger partial charge on any atom is -0.330 e. The highest BCUT2D eigenvalue weighted by molar-refractivity contribution is 5.15. The van der Waals surface area contributed by atoms with Gasteiger partial charge in [0.15, 0.2) is 0 Å². The molecule has 0 bridgehead atoms.